The molecule has 0 aromatic heterocycles. The molecule has 3 rings (SSSR count). The summed E-state index contributed by atoms with van der Waals surface area (Å²) in [5.41, 5.74) is 2.73. The summed E-state index contributed by atoms with van der Waals surface area (Å²) in [4.78, 5) is 24.2. The molecule has 7 heteroatoms. The molecule has 30 heavy (non-hydrogen) atoms. The Kier molecular flexibility index (Phi) is 7.33. The van der Waals surface area contributed by atoms with Gasteiger partial charge in [0.2, 0.25) is 5.91 Å². The molecule has 1 amide bonds. The highest BCUT2D eigenvalue weighted by atomic mass is 35.5. The van der Waals surface area contributed by atoms with E-state index in [1.165, 1.54) is 0 Å². The van der Waals surface area contributed by atoms with Crippen LogP contribution < -0.4 is 10.6 Å². The third-order valence-electron chi connectivity index (χ3n) is 4.51. The highest BCUT2D eigenvalue weighted by Crippen LogP contribution is 2.33. The van der Waals surface area contributed by atoms with Gasteiger partial charge in [-0.15, -0.1) is 0 Å². The van der Waals surface area contributed by atoms with E-state index in [1.54, 1.807) is 36.4 Å². The van der Waals surface area contributed by atoms with Crippen LogP contribution in [0.4, 0.5) is 11.4 Å². The lowest BCUT2D eigenvalue weighted by molar-refractivity contribution is -0.141. The lowest BCUT2D eigenvalue weighted by Crippen LogP contribution is -2.43. The lowest BCUT2D eigenvalue weighted by atomic mass is 10.0. The topological polar surface area (TPSA) is 78.4 Å². The van der Waals surface area contributed by atoms with Crippen molar-refractivity contribution in [1.82, 2.24) is 5.32 Å². The summed E-state index contributed by atoms with van der Waals surface area (Å²) in [6.45, 7) is 0. The number of hydrogen-bond donors (Lipinski definition) is 3. The van der Waals surface area contributed by atoms with Gasteiger partial charge in [0.15, 0.2) is 0 Å². The summed E-state index contributed by atoms with van der Waals surface area (Å²) in [7, 11) is 0. The molecule has 0 aliphatic rings. The molecule has 3 aromatic carbocycles. The van der Waals surface area contributed by atoms with E-state index in [2.05, 4.69) is 10.6 Å². The largest absolute Gasteiger partial charge is 0.480 e. The van der Waals surface area contributed by atoms with Gasteiger partial charge in [0.25, 0.3) is 0 Å². The van der Waals surface area contributed by atoms with Crippen molar-refractivity contribution < 1.29 is 14.7 Å². The summed E-state index contributed by atoms with van der Waals surface area (Å²) < 4.78 is 0. The third-order valence-corrected chi connectivity index (χ3v) is 5.14. The zero-order valence-electron chi connectivity index (χ0n) is 15.9. The van der Waals surface area contributed by atoms with Gasteiger partial charge in [-0.05, 0) is 29.3 Å². The van der Waals surface area contributed by atoms with Crippen molar-refractivity contribution in [2.45, 2.75) is 18.9 Å². The van der Waals surface area contributed by atoms with Gasteiger partial charge in [0.1, 0.15) is 6.04 Å². The van der Waals surface area contributed by atoms with Crippen LogP contribution in [-0.4, -0.2) is 23.0 Å². The third kappa shape index (κ3) is 5.75. The summed E-state index contributed by atoms with van der Waals surface area (Å²) in [6.07, 6.45) is 0.209. The van der Waals surface area contributed by atoms with Crippen LogP contribution in [0.15, 0.2) is 72.8 Å². The van der Waals surface area contributed by atoms with Gasteiger partial charge in [-0.2, -0.15) is 0 Å². The van der Waals surface area contributed by atoms with E-state index >= 15 is 0 Å². The first-order valence-corrected chi connectivity index (χ1v) is 10.0. The number of halogens is 2. The smallest absolute Gasteiger partial charge is 0.326 e. The second kappa shape index (κ2) is 10.1. The van der Waals surface area contributed by atoms with Crippen molar-refractivity contribution >= 4 is 46.5 Å². The minimum absolute atomic E-state index is 0.00378. The summed E-state index contributed by atoms with van der Waals surface area (Å²) >= 11 is 12.5. The predicted octanol–water partition coefficient (Wildman–Crippen LogP) is 5.09. The Morgan fingerprint density at radius 3 is 2.17 bits per heavy atom. The molecule has 0 saturated heterocycles. The molecule has 3 aromatic rings. The van der Waals surface area contributed by atoms with E-state index in [9.17, 15) is 14.7 Å². The van der Waals surface area contributed by atoms with Crippen molar-refractivity contribution in [3.05, 3.63) is 94.0 Å². The quantitative estimate of drug-likeness (QED) is 0.453. The lowest BCUT2D eigenvalue weighted by Gasteiger charge is -2.17. The number of carbonyl (C=O) groups excluding carboxylic acids is 1. The summed E-state index contributed by atoms with van der Waals surface area (Å²) in [5.74, 6) is -1.47. The van der Waals surface area contributed by atoms with E-state index in [-0.39, 0.29) is 12.8 Å². The van der Waals surface area contributed by atoms with E-state index in [1.807, 2.05) is 36.4 Å². The molecule has 0 heterocycles. The number of aliphatic carboxylic acids is 1. The number of nitrogens with one attached hydrogen (secondary N) is 2. The monoisotopic (exact) mass is 442 g/mol. The summed E-state index contributed by atoms with van der Waals surface area (Å²) in [6, 6.07) is 20.6. The number of amides is 1. The van der Waals surface area contributed by atoms with Gasteiger partial charge in [-0.3, -0.25) is 4.79 Å². The molecule has 0 radical (unpaired) electrons. The Morgan fingerprint density at radius 2 is 1.50 bits per heavy atom. The normalized spacial score (nSPS) is 11.5. The molecular weight excluding hydrogens is 423 g/mol. The molecule has 0 aliphatic carbocycles. The van der Waals surface area contributed by atoms with Crippen LogP contribution in [0.3, 0.4) is 0 Å². The summed E-state index contributed by atoms with van der Waals surface area (Å²) in [5, 5.41) is 16.2. The first-order chi connectivity index (χ1) is 14.4. The average Bonchev–Trinajstić information content (AvgIpc) is 2.72. The minimum atomic E-state index is -1.08. The fourth-order valence-corrected chi connectivity index (χ4v) is 3.51. The van der Waals surface area contributed by atoms with Crippen LogP contribution in [-0.2, 0) is 22.4 Å². The van der Waals surface area contributed by atoms with Gasteiger partial charge in [0.05, 0.1) is 22.2 Å². The van der Waals surface area contributed by atoms with E-state index < -0.39 is 17.9 Å². The highest BCUT2D eigenvalue weighted by molar-refractivity contribution is 6.39. The molecule has 0 bridgehead atoms. The second-order valence-electron chi connectivity index (χ2n) is 6.70. The number of benzene rings is 3. The van der Waals surface area contributed by atoms with Crippen molar-refractivity contribution in [1.29, 1.82) is 0 Å². The SMILES string of the molecule is O=C(Cc1ccccc1Nc1c(Cl)cccc1Cl)N[C@@H](Cc1ccccc1)C(=O)O. The Hall–Kier alpha value is -3.02. The highest BCUT2D eigenvalue weighted by Gasteiger charge is 2.21. The first kappa shape index (κ1) is 21.7. The molecule has 0 spiro atoms. The molecule has 3 N–H and O–H groups in total. The van der Waals surface area contributed by atoms with E-state index in [0.717, 1.165) is 5.56 Å². The number of carbonyl (C=O) groups is 2. The average molecular weight is 443 g/mol. The molecule has 0 unspecified atom stereocenters. The zero-order valence-corrected chi connectivity index (χ0v) is 17.5. The van der Waals surface area contributed by atoms with Crippen LogP contribution in [0.1, 0.15) is 11.1 Å². The maximum Gasteiger partial charge on any atom is 0.326 e. The maximum atomic E-state index is 12.6. The fourth-order valence-electron chi connectivity index (χ4n) is 3.02. The van der Waals surface area contributed by atoms with E-state index in [4.69, 9.17) is 23.2 Å². The maximum absolute atomic E-state index is 12.6. The molecule has 5 nitrogen and oxygen atoms in total. The Labute approximate surface area is 184 Å². The number of carboxylic acid groups (broad SMARTS) is 1. The number of carboxylic acids is 1. The van der Waals surface area contributed by atoms with Gasteiger partial charge in [-0.1, -0.05) is 77.8 Å². The number of hydrogen-bond acceptors (Lipinski definition) is 3. The number of para-hydroxylation sites is 2. The number of rotatable bonds is 8. The van der Waals surface area contributed by atoms with Crippen LogP contribution in [0.2, 0.25) is 10.0 Å². The van der Waals surface area contributed by atoms with E-state index in [0.29, 0.717) is 27.0 Å². The van der Waals surface area contributed by atoms with Crippen LogP contribution in [0.25, 0.3) is 0 Å². The molecule has 1 atom stereocenters. The Balaban J connectivity index is 1.73. The van der Waals surface area contributed by atoms with Crippen LogP contribution >= 0.6 is 23.2 Å². The van der Waals surface area contributed by atoms with Gasteiger partial charge in [0, 0.05) is 12.1 Å². The van der Waals surface area contributed by atoms with Gasteiger partial charge >= 0.3 is 5.97 Å². The first-order valence-electron chi connectivity index (χ1n) is 9.29. The minimum Gasteiger partial charge on any atom is -0.480 e. The predicted molar refractivity (Wildman–Crippen MR) is 120 cm³/mol. The van der Waals surface area contributed by atoms with Crippen molar-refractivity contribution in [3.63, 3.8) is 0 Å². The molecule has 154 valence electrons. The Bertz CT molecular complexity index is 1020. The fraction of sp³-hybridized carbons (Fsp3) is 0.130. The Morgan fingerprint density at radius 1 is 0.867 bits per heavy atom. The van der Waals surface area contributed by atoms with Crippen molar-refractivity contribution in [2.24, 2.45) is 0 Å². The van der Waals surface area contributed by atoms with Gasteiger partial charge in [-0.25, -0.2) is 4.79 Å². The van der Waals surface area contributed by atoms with Crippen LogP contribution in [0.5, 0.6) is 0 Å². The van der Waals surface area contributed by atoms with Crippen LogP contribution in [0, 0.1) is 0 Å². The second-order valence-corrected chi connectivity index (χ2v) is 7.52. The number of anilines is 2. The molecule has 0 saturated carbocycles. The molecule has 0 fully saturated rings. The van der Waals surface area contributed by atoms with Crippen molar-refractivity contribution in [3.8, 4) is 0 Å². The van der Waals surface area contributed by atoms with Crippen molar-refractivity contribution in [2.75, 3.05) is 5.32 Å². The standard InChI is InChI=1S/C23H20Cl2N2O3/c24-17-10-6-11-18(25)22(17)27-19-12-5-4-9-16(19)14-21(28)26-20(23(29)30)13-15-7-2-1-3-8-15/h1-12,20,27H,13-14H2,(H,26,28)(H,29,30)/t20-/m0/s1. The molecular formula is C23H20Cl2N2O3. The van der Waals surface area contributed by atoms with Gasteiger partial charge < -0.3 is 15.7 Å². The zero-order chi connectivity index (χ0) is 21.5. The molecule has 0 aliphatic heterocycles.